The molecule has 1 heterocycles. The Labute approximate surface area is 123 Å². The normalized spacial score (nSPS) is 12.3. The van der Waals surface area contributed by atoms with Crippen LogP contribution >= 0.6 is 11.3 Å². The molecule has 0 aliphatic carbocycles. The van der Waals surface area contributed by atoms with Gasteiger partial charge in [-0.25, -0.2) is 4.39 Å². The Kier molecular flexibility index (Phi) is 5.56. The SMILES string of the molecule is CCCNC(Cc1ccsc1)c1ccc(F)c(OC)c1. The van der Waals surface area contributed by atoms with Crippen LogP contribution in [0, 0.1) is 5.82 Å². The van der Waals surface area contributed by atoms with E-state index in [1.807, 2.05) is 6.07 Å². The van der Waals surface area contributed by atoms with Crippen LogP contribution < -0.4 is 10.1 Å². The lowest BCUT2D eigenvalue weighted by molar-refractivity contribution is 0.384. The molecule has 108 valence electrons. The second kappa shape index (κ2) is 7.41. The largest absolute Gasteiger partial charge is 0.494 e. The molecular weight excluding hydrogens is 273 g/mol. The van der Waals surface area contributed by atoms with Gasteiger partial charge in [0.2, 0.25) is 0 Å². The topological polar surface area (TPSA) is 21.3 Å². The van der Waals surface area contributed by atoms with E-state index in [0.29, 0.717) is 5.75 Å². The molecule has 0 amide bonds. The maximum absolute atomic E-state index is 13.5. The highest BCUT2D eigenvalue weighted by Gasteiger charge is 2.14. The van der Waals surface area contributed by atoms with Crippen LogP contribution in [0.25, 0.3) is 0 Å². The van der Waals surface area contributed by atoms with Gasteiger partial charge in [-0.2, -0.15) is 11.3 Å². The van der Waals surface area contributed by atoms with Crippen molar-refractivity contribution in [3.05, 3.63) is 52.0 Å². The first-order valence-electron chi connectivity index (χ1n) is 6.82. The lowest BCUT2D eigenvalue weighted by atomic mass is 10.00. The Hall–Kier alpha value is -1.39. The van der Waals surface area contributed by atoms with Crippen molar-refractivity contribution in [1.82, 2.24) is 5.32 Å². The van der Waals surface area contributed by atoms with Gasteiger partial charge in [0, 0.05) is 6.04 Å². The second-order valence-electron chi connectivity index (χ2n) is 4.74. The summed E-state index contributed by atoms with van der Waals surface area (Å²) in [5.41, 5.74) is 2.36. The molecule has 1 aromatic carbocycles. The number of nitrogens with one attached hydrogen (secondary N) is 1. The van der Waals surface area contributed by atoms with Crippen LogP contribution in [0.15, 0.2) is 35.0 Å². The van der Waals surface area contributed by atoms with Gasteiger partial charge >= 0.3 is 0 Å². The van der Waals surface area contributed by atoms with Gasteiger partial charge in [-0.1, -0.05) is 13.0 Å². The van der Waals surface area contributed by atoms with Crippen LogP contribution in [0.2, 0.25) is 0 Å². The number of ether oxygens (including phenoxy) is 1. The Balaban J connectivity index is 2.20. The molecule has 0 saturated carbocycles. The van der Waals surface area contributed by atoms with Gasteiger partial charge in [-0.15, -0.1) is 0 Å². The molecule has 2 rings (SSSR count). The summed E-state index contributed by atoms with van der Waals surface area (Å²) in [6, 6.07) is 7.40. The third-order valence-electron chi connectivity index (χ3n) is 3.24. The zero-order valence-electron chi connectivity index (χ0n) is 11.9. The summed E-state index contributed by atoms with van der Waals surface area (Å²) in [4.78, 5) is 0. The molecule has 0 radical (unpaired) electrons. The van der Waals surface area contributed by atoms with Crippen molar-refractivity contribution in [2.45, 2.75) is 25.8 Å². The molecular formula is C16H20FNOS. The predicted octanol–water partition coefficient (Wildman–Crippen LogP) is 4.18. The summed E-state index contributed by atoms with van der Waals surface area (Å²) < 4.78 is 18.6. The minimum absolute atomic E-state index is 0.180. The van der Waals surface area contributed by atoms with Gasteiger partial charge in [0.1, 0.15) is 0 Å². The lowest BCUT2D eigenvalue weighted by Crippen LogP contribution is -2.24. The molecule has 2 nitrogen and oxygen atoms in total. The molecule has 0 spiro atoms. The van der Waals surface area contributed by atoms with Crippen LogP contribution in [0.5, 0.6) is 5.75 Å². The van der Waals surface area contributed by atoms with E-state index in [1.54, 1.807) is 17.4 Å². The van der Waals surface area contributed by atoms with Gasteiger partial charge in [0.25, 0.3) is 0 Å². The van der Waals surface area contributed by atoms with Gasteiger partial charge < -0.3 is 10.1 Å². The second-order valence-corrected chi connectivity index (χ2v) is 5.52. The fourth-order valence-electron chi connectivity index (χ4n) is 2.16. The highest BCUT2D eigenvalue weighted by atomic mass is 32.1. The molecule has 4 heteroatoms. The van der Waals surface area contributed by atoms with E-state index < -0.39 is 0 Å². The van der Waals surface area contributed by atoms with Crippen molar-refractivity contribution in [3.8, 4) is 5.75 Å². The molecule has 1 N–H and O–H groups in total. The van der Waals surface area contributed by atoms with Crippen molar-refractivity contribution in [1.29, 1.82) is 0 Å². The summed E-state index contributed by atoms with van der Waals surface area (Å²) in [7, 11) is 1.50. The van der Waals surface area contributed by atoms with Crippen LogP contribution in [-0.4, -0.2) is 13.7 Å². The zero-order valence-corrected chi connectivity index (χ0v) is 12.7. The minimum atomic E-state index is -0.318. The molecule has 0 aliphatic rings. The summed E-state index contributed by atoms with van der Waals surface area (Å²) >= 11 is 1.70. The van der Waals surface area contributed by atoms with E-state index in [1.165, 1.54) is 18.7 Å². The molecule has 1 unspecified atom stereocenters. The third-order valence-corrected chi connectivity index (χ3v) is 3.97. The van der Waals surface area contributed by atoms with Gasteiger partial charge in [0.05, 0.1) is 7.11 Å². The minimum Gasteiger partial charge on any atom is -0.494 e. The average Bonchev–Trinajstić information content (AvgIpc) is 2.97. The van der Waals surface area contributed by atoms with Gasteiger partial charge in [0.15, 0.2) is 11.6 Å². The zero-order chi connectivity index (χ0) is 14.4. The molecule has 0 fully saturated rings. The molecule has 1 atom stereocenters. The highest BCUT2D eigenvalue weighted by Crippen LogP contribution is 2.25. The van der Waals surface area contributed by atoms with Crippen LogP contribution in [-0.2, 0) is 6.42 Å². The first-order chi connectivity index (χ1) is 9.74. The quantitative estimate of drug-likeness (QED) is 0.827. The van der Waals surface area contributed by atoms with Crippen LogP contribution in [0.4, 0.5) is 4.39 Å². The fraction of sp³-hybridized carbons (Fsp3) is 0.375. The van der Waals surface area contributed by atoms with E-state index >= 15 is 0 Å². The summed E-state index contributed by atoms with van der Waals surface area (Å²) in [6.45, 7) is 3.08. The Bertz CT molecular complexity index is 527. The summed E-state index contributed by atoms with van der Waals surface area (Å²) in [5.74, 6) is -0.0165. The van der Waals surface area contributed by atoms with Crippen molar-refractivity contribution >= 4 is 11.3 Å². The van der Waals surface area contributed by atoms with E-state index in [9.17, 15) is 4.39 Å². The van der Waals surface area contributed by atoms with Crippen molar-refractivity contribution in [3.63, 3.8) is 0 Å². The highest BCUT2D eigenvalue weighted by molar-refractivity contribution is 7.07. The number of hydrogen-bond acceptors (Lipinski definition) is 3. The van der Waals surface area contributed by atoms with Gasteiger partial charge in [-0.05, 0) is 59.5 Å². The monoisotopic (exact) mass is 293 g/mol. The van der Waals surface area contributed by atoms with Crippen LogP contribution in [0.3, 0.4) is 0 Å². The smallest absolute Gasteiger partial charge is 0.165 e. The Morgan fingerprint density at radius 3 is 2.85 bits per heavy atom. The fourth-order valence-corrected chi connectivity index (χ4v) is 2.85. The number of benzene rings is 1. The van der Waals surface area contributed by atoms with E-state index in [0.717, 1.165) is 24.9 Å². The number of thiophene rings is 1. The molecule has 2 aromatic rings. The Morgan fingerprint density at radius 2 is 2.20 bits per heavy atom. The number of methoxy groups -OCH3 is 1. The molecule has 0 bridgehead atoms. The Morgan fingerprint density at radius 1 is 1.35 bits per heavy atom. The van der Waals surface area contributed by atoms with E-state index in [4.69, 9.17) is 4.74 Å². The number of rotatable bonds is 7. The summed E-state index contributed by atoms with van der Waals surface area (Å²) in [5, 5.41) is 7.76. The van der Waals surface area contributed by atoms with Crippen molar-refractivity contribution in [2.75, 3.05) is 13.7 Å². The first-order valence-corrected chi connectivity index (χ1v) is 7.76. The van der Waals surface area contributed by atoms with E-state index in [-0.39, 0.29) is 11.9 Å². The maximum Gasteiger partial charge on any atom is 0.165 e. The predicted molar refractivity (Wildman–Crippen MR) is 82.0 cm³/mol. The number of hydrogen-bond donors (Lipinski definition) is 1. The summed E-state index contributed by atoms with van der Waals surface area (Å²) in [6.07, 6.45) is 1.97. The molecule has 20 heavy (non-hydrogen) atoms. The third kappa shape index (κ3) is 3.81. The lowest BCUT2D eigenvalue weighted by Gasteiger charge is -2.19. The van der Waals surface area contributed by atoms with Crippen molar-refractivity contribution < 1.29 is 9.13 Å². The number of halogens is 1. The maximum atomic E-state index is 13.5. The van der Waals surface area contributed by atoms with Gasteiger partial charge in [-0.3, -0.25) is 0 Å². The van der Waals surface area contributed by atoms with Crippen LogP contribution in [0.1, 0.15) is 30.5 Å². The molecule has 1 aromatic heterocycles. The van der Waals surface area contributed by atoms with Crippen molar-refractivity contribution in [2.24, 2.45) is 0 Å². The first kappa shape index (κ1) is 15.0. The standard InChI is InChI=1S/C16H20FNOS/c1-3-7-18-15(9-12-6-8-20-11-12)13-4-5-14(17)16(10-13)19-2/h4-6,8,10-11,15,18H,3,7,9H2,1-2H3. The molecule has 0 aliphatic heterocycles. The molecule has 0 saturated heterocycles. The average molecular weight is 293 g/mol. The van der Waals surface area contributed by atoms with E-state index in [2.05, 4.69) is 29.1 Å².